The number of hydrogen-bond donors (Lipinski definition) is 2. The van der Waals surface area contributed by atoms with Crippen LogP contribution >= 0.6 is 0 Å². The third kappa shape index (κ3) is 3.10. The van der Waals surface area contributed by atoms with Crippen LogP contribution in [-0.4, -0.2) is 25.8 Å². The van der Waals surface area contributed by atoms with Gasteiger partial charge in [0.15, 0.2) is 18.0 Å². The second-order valence-corrected chi connectivity index (χ2v) is 3.90. The summed E-state index contributed by atoms with van der Waals surface area (Å²) in [5.74, 6) is 1.40. The molecule has 0 radical (unpaired) electrons. The number of carbonyl (C=O) groups excluding carboxylic acids is 1. The number of quaternary nitrogens is 1. The Balaban J connectivity index is 1.88. The Bertz CT molecular complexity index is 407. The van der Waals surface area contributed by atoms with E-state index in [0.717, 1.165) is 24.4 Å². The number of benzene rings is 1. The van der Waals surface area contributed by atoms with Crippen LogP contribution in [0.25, 0.3) is 0 Å². The van der Waals surface area contributed by atoms with Gasteiger partial charge in [-0.1, -0.05) is 6.92 Å². The lowest BCUT2D eigenvalue weighted by Gasteiger charge is -2.05. The number of nitrogens with one attached hydrogen (secondary N) is 1. The topological polar surface area (TPSA) is 64.2 Å². The Morgan fingerprint density at radius 1 is 1.41 bits per heavy atom. The van der Waals surface area contributed by atoms with Gasteiger partial charge in [0.1, 0.15) is 0 Å². The van der Waals surface area contributed by atoms with E-state index >= 15 is 0 Å². The van der Waals surface area contributed by atoms with Gasteiger partial charge in [-0.2, -0.15) is 0 Å². The summed E-state index contributed by atoms with van der Waals surface area (Å²) in [6.45, 7) is 3.75. The van der Waals surface area contributed by atoms with E-state index in [0.29, 0.717) is 12.3 Å². The molecule has 1 aromatic rings. The quantitative estimate of drug-likeness (QED) is 0.725. The normalized spacial score (nSPS) is 12.5. The molecule has 17 heavy (non-hydrogen) atoms. The molecule has 3 N–H and O–H groups in total. The van der Waals surface area contributed by atoms with Gasteiger partial charge in [0.05, 0.1) is 6.54 Å². The molecule has 0 fully saturated rings. The van der Waals surface area contributed by atoms with Crippen molar-refractivity contribution in [3.63, 3.8) is 0 Å². The summed E-state index contributed by atoms with van der Waals surface area (Å²) in [7, 11) is 0. The highest BCUT2D eigenvalue weighted by atomic mass is 16.7. The lowest BCUT2D eigenvalue weighted by Crippen LogP contribution is -2.86. The lowest BCUT2D eigenvalue weighted by atomic mass is 10.3. The Hall–Kier alpha value is -1.75. The van der Waals surface area contributed by atoms with Crippen molar-refractivity contribution in [3.05, 3.63) is 18.2 Å². The molecule has 0 bridgehead atoms. The molecular formula is C12H17N2O3+. The second kappa shape index (κ2) is 5.54. The maximum absolute atomic E-state index is 11.6. The van der Waals surface area contributed by atoms with Crippen molar-refractivity contribution in [1.29, 1.82) is 0 Å². The third-order valence-electron chi connectivity index (χ3n) is 2.48. The molecule has 1 aliphatic heterocycles. The van der Waals surface area contributed by atoms with Gasteiger partial charge in [-0.15, -0.1) is 0 Å². The van der Waals surface area contributed by atoms with Crippen LogP contribution < -0.4 is 20.1 Å². The van der Waals surface area contributed by atoms with E-state index in [-0.39, 0.29) is 12.7 Å². The van der Waals surface area contributed by atoms with Crippen molar-refractivity contribution in [3.8, 4) is 11.5 Å². The molecular weight excluding hydrogens is 220 g/mol. The SMILES string of the molecule is CCC[NH2+]CC(=O)Nc1ccc2c(c1)OCO2. The van der Waals surface area contributed by atoms with E-state index in [1.807, 2.05) is 11.4 Å². The zero-order valence-corrected chi connectivity index (χ0v) is 9.86. The molecule has 1 aliphatic rings. The fourth-order valence-corrected chi connectivity index (χ4v) is 1.62. The molecule has 0 aliphatic carbocycles. The number of ether oxygens (including phenoxy) is 2. The van der Waals surface area contributed by atoms with Crippen LogP contribution in [0.4, 0.5) is 5.69 Å². The van der Waals surface area contributed by atoms with Crippen molar-refractivity contribution < 1.29 is 19.6 Å². The number of nitrogens with two attached hydrogens (primary N) is 1. The predicted molar refractivity (Wildman–Crippen MR) is 63.1 cm³/mol. The van der Waals surface area contributed by atoms with Crippen LogP contribution in [0.1, 0.15) is 13.3 Å². The fraction of sp³-hybridized carbons (Fsp3) is 0.417. The number of amides is 1. The smallest absolute Gasteiger partial charge is 0.279 e. The van der Waals surface area contributed by atoms with Crippen molar-refractivity contribution in [2.75, 3.05) is 25.2 Å². The zero-order valence-electron chi connectivity index (χ0n) is 9.86. The van der Waals surface area contributed by atoms with E-state index in [4.69, 9.17) is 9.47 Å². The maximum Gasteiger partial charge on any atom is 0.279 e. The molecule has 92 valence electrons. The molecule has 0 saturated carbocycles. The monoisotopic (exact) mass is 237 g/mol. The van der Waals surface area contributed by atoms with E-state index in [2.05, 4.69) is 12.2 Å². The average Bonchev–Trinajstić information content (AvgIpc) is 2.76. The van der Waals surface area contributed by atoms with Crippen molar-refractivity contribution in [2.45, 2.75) is 13.3 Å². The number of rotatable bonds is 5. The van der Waals surface area contributed by atoms with E-state index in [9.17, 15) is 4.79 Å². The van der Waals surface area contributed by atoms with Crippen molar-refractivity contribution in [2.24, 2.45) is 0 Å². The number of anilines is 1. The van der Waals surface area contributed by atoms with Gasteiger partial charge in [0.2, 0.25) is 6.79 Å². The van der Waals surface area contributed by atoms with Crippen LogP contribution in [0.15, 0.2) is 18.2 Å². The second-order valence-electron chi connectivity index (χ2n) is 3.90. The van der Waals surface area contributed by atoms with E-state index in [1.165, 1.54) is 0 Å². The fourth-order valence-electron chi connectivity index (χ4n) is 1.62. The first-order chi connectivity index (χ1) is 8.29. The van der Waals surface area contributed by atoms with Gasteiger partial charge in [-0.25, -0.2) is 0 Å². The molecule has 0 saturated heterocycles. The molecule has 1 aromatic carbocycles. The van der Waals surface area contributed by atoms with Crippen LogP contribution in [0.2, 0.25) is 0 Å². The van der Waals surface area contributed by atoms with E-state index in [1.54, 1.807) is 12.1 Å². The van der Waals surface area contributed by atoms with Gasteiger partial charge >= 0.3 is 0 Å². The Kier molecular flexibility index (Phi) is 3.82. The molecule has 1 heterocycles. The summed E-state index contributed by atoms with van der Waals surface area (Å²) in [5.41, 5.74) is 0.740. The highest BCUT2D eigenvalue weighted by Gasteiger charge is 2.14. The minimum Gasteiger partial charge on any atom is -0.454 e. The summed E-state index contributed by atoms with van der Waals surface area (Å²) in [4.78, 5) is 11.6. The van der Waals surface area contributed by atoms with Crippen LogP contribution in [-0.2, 0) is 4.79 Å². The summed E-state index contributed by atoms with van der Waals surface area (Å²) < 4.78 is 10.4. The summed E-state index contributed by atoms with van der Waals surface area (Å²) in [5, 5.41) is 4.81. The lowest BCUT2D eigenvalue weighted by molar-refractivity contribution is -0.643. The largest absolute Gasteiger partial charge is 0.454 e. The van der Waals surface area contributed by atoms with E-state index < -0.39 is 0 Å². The first-order valence-electron chi connectivity index (χ1n) is 5.80. The summed E-state index contributed by atoms with van der Waals surface area (Å²) in [6, 6.07) is 5.39. The number of fused-ring (bicyclic) bond motifs is 1. The molecule has 5 heteroatoms. The van der Waals surface area contributed by atoms with Crippen molar-refractivity contribution >= 4 is 11.6 Å². The molecule has 1 amide bonds. The van der Waals surface area contributed by atoms with Gasteiger partial charge in [0, 0.05) is 11.8 Å². The molecule has 0 aromatic heterocycles. The molecule has 0 atom stereocenters. The van der Waals surface area contributed by atoms with Gasteiger partial charge in [0.25, 0.3) is 5.91 Å². The number of hydrogen-bond acceptors (Lipinski definition) is 3. The first kappa shape index (κ1) is 11.7. The van der Waals surface area contributed by atoms with Crippen LogP contribution in [0.5, 0.6) is 11.5 Å². The summed E-state index contributed by atoms with van der Waals surface area (Å²) >= 11 is 0. The Labute approximate surface area is 100 Å². The highest BCUT2D eigenvalue weighted by molar-refractivity contribution is 5.91. The Morgan fingerprint density at radius 3 is 3.06 bits per heavy atom. The average molecular weight is 237 g/mol. The predicted octanol–water partition coefficient (Wildman–Crippen LogP) is 0.327. The molecule has 5 nitrogen and oxygen atoms in total. The van der Waals surface area contributed by atoms with Crippen LogP contribution in [0.3, 0.4) is 0 Å². The third-order valence-corrected chi connectivity index (χ3v) is 2.48. The standard InChI is InChI=1S/C12H16N2O3/c1-2-5-13-7-12(15)14-9-3-4-10-11(6-9)17-8-16-10/h3-4,6,13H,2,5,7-8H2,1H3,(H,14,15)/p+1. The molecule has 0 spiro atoms. The zero-order chi connectivity index (χ0) is 12.1. The Morgan fingerprint density at radius 2 is 2.24 bits per heavy atom. The summed E-state index contributed by atoms with van der Waals surface area (Å²) in [6.07, 6.45) is 1.07. The van der Waals surface area contributed by atoms with Gasteiger partial charge in [-0.05, 0) is 18.6 Å². The highest BCUT2D eigenvalue weighted by Crippen LogP contribution is 2.34. The maximum atomic E-state index is 11.6. The minimum atomic E-state index is -0.00249. The van der Waals surface area contributed by atoms with Gasteiger partial charge in [-0.3, -0.25) is 4.79 Å². The number of carbonyl (C=O) groups is 1. The minimum absolute atomic E-state index is 0.00249. The van der Waals surface area contributed by atoms with Crippen molar-refractivity contribution in [1.82, 2.24) is 0 Å². The molecule has 0 unspecified atom stereocenters. The van der Waals surface area contributed by atoms with Gasteiger partial charge < -0.3 is 20.1 Å². The van der Waals surface area contributed by atoms with Crippen LogP contribution in [0, 0.1) is 0 Å². The first-order valence-corrected chi connectivity index (χ1v) is 5.80. The molecule has 2 rings (SSSR count).